The Kier molecular flexibility index (Phi) is 3.26. The number of carbonyl (C=O) groups is 1. The minimum atomic E-state index is -0.264. The molecular weight excluding hydrogens is 228 g/mol. The molecule has 0 aliphatic carbocycles. The second-order valence-electron chi connectivity index (χ2n) is 3.69. The third-order valence-electron chi connectivity index (χ3n) is 2.40. The first kappa shape index (κ1) is 11.7. The third kappa shape index (κ3) is 2.66. The van der Waals surface area contributed by atoms with E-state index in [1.54, 1.807) is 24.3 Å². The molecule has 2 aromatic rings. The van der Waals surface area contributed by atoms with Gasteiger partial charge >= 0.3 is 0 Å². The Bertz CT molecular complexity index is 595. The highest BCUT2D eigenvalue weighted by Gasteiger charge is 2.05. The van der Waals surface area contributed by atoms with Crippen LogP contribution in [-0.2, 0) is 0 Å². The Hall–Kier alpha value is -2.80. The lowest BCUT2D eigenvalue weighted by Crippen LogP contribution is -2.11. The molecule has 1 amide bonds. The maximum Gasteiger partial charge on any atom is 0.255 e. The minimum absolute atomic E-state index is 0.116. The summed E-state index contributed by atoms with van der Waals surface area (Å²) in [5.41, 5.74) is 1.61. The molecule has 0 radical (unpaired) electrons. The SMILES string of the molecule is N#Cc1ccc(NC(=O)c2ccc(O)cc2)cc1. The van der Waals surface area contributed by atoms with Crippen molar-refractivity contribution in [2.45, 2.75) is 0 Å². The number of rotatable bonds is 2. The van der Waals surface area contributed by atoms with Gasteiger partial charge in [0.15, 0.2) is 0 Å². The van der Waals surface area contributed by atoms with E-state index in [1.807, 2.05) is 6.07 Å². The molecule has 0 unspecified atom stereocenters. The fraction of sp³-hybridized carbons (Fsp3) is 0. The van der Waals surface area contributed by atoms with Crippen LogP contribution in [0.5, 0.6) is 5.75 Å². The van der Waals surface area contributed by atoms with E-state index < -0.39 is 0 Å². The van der Waals surface area contributed by atoms with Crippen molar-refractivity contribution < 1.29 is 9.90 Å². The molecule has 0 atom stereocenters. The van der Waals surface area contributed by atoms with Crippen molar-refractivity contribution in [2.75, 3.05) is 5.32 Å². The maximum atomic E-state index is 11.8. The number of aromatic hydroxyl groups is 1. The molecule has 0 fully saturated rings. The van der Waals surface area contributed by atoms with Crippen molar-refractivity contribution in [3.05, 3.63) is 59.7 Å². The van der Waals surface area contributed by atoms with E-state index in [1.165, 1.54) is 24.3 Å². The molecule has 0 aliphatic heterocycles. The maximum absolute atomic E-state index is 11.8. The van der Waals surface area contributed by atoms with Crippen molar-refractivity contribution in [2.24, 2.45) is 0 Å². The first-order chi connectivity index (χ1) is 8.69. The van der Waals surface area contributed by atoms with Gasteiger partial charge in [-0.25, -0.2) is 0 Å². The van der Waals surface area contributed by atoms with E-state index in [2.05, 4.69) is 5.32 Å². The molecule has 2 N–H and O–H groups in total. The van der Waals surface area contributed by atoms with Crippen LogP contribution in [0.1, 0.15) is 15.9 Å². The Labute approximate surface area is 104 Å². The number of anilines is 1. The fourth-order valence-electron chi connectivity index (χ4n) is 1.44. The lowest BCUT2D eigenvalue weighted by Gasteiger charge is -2.05. The molecule has 0 bridgehead atoms. The predicted molar refractivity (Wildman–Crippen MR) is 67.2 cm³/mol. The van der Waals surface area contributed by atoms with Gasteiger partial charge < -0.3 is 10.4 Å². The molecule has 4 nitrogen and oxygen atoms in total. The van der Waals surface area contributed by atoms with Crippen LogP contribution in [0.3, 0.4) is 0 Å². The number of nitrogens with zero attached hydrogens (tertiary/aromatic N) is 1. The van der Waals surface area contributed by atoms with Gasteiger partial charge in [-0.3, -0.25) is 4.79 Å². The summed E-state index contributed by atoms with van der Waals surface area (Å²) >= 11 is 0. The normalized spacial score (nSPS) is 9.50. The van der Waals surface area contributed by atoms with Crippen molar-refractivity contribution >= 4 is 11.6 Å². The zero-order chi connectivity index (χ0) is 13.0. The van der Waals surface area contributed by atoms with Crippen LogP contribution in [0.25, 0.3) is 0 Å². The molecule has 0 saturated carbocycles. The summed E-state index contributed by atoms with van der Waals surface area (Å²) in [4.78, 5) is 11.8. The van der Waals surface area contributed by atoms with Gasteiger partial charge in [-0.1, -0.05) is 0 Å². The van der Waals surface area contributed by atoms with Crippen molar-refractivity contribution in [3.8, 4) is 11.8 Å². The molecule has 0 heterocycles. The lowest BCUT2D eigenvalue weighted by atomic mass is 10.2. The van der Waals surface area contributed by atoms with Gasteiger partial charge in [0.2, 0.25) is 0 Å². The number of carbonyl (C=O) groups excluding carboxylic acids is 1. The monoisotopic (exact) mass is 238 g/mol. The van der Waals surface area contributed by atoms with Gasteiger partial charge in [-0.2, -0.15) is 5.26 Å². The first-order valence-electron chi connectivity index (χ1n) is 5.29. The van der Waals surface area contributed by atoms with Crippen LogP contribution >= 0.6 is 0 Å². The molecule has 2 aromatic carbocycles. The first-order valence-corrected chi connectivity index (χ1v) is 5.29. The van der Waals surface area contributed by atoms with Gasteiger partial charge in [0, 0.05) is 11.3 Å². The van der Waals surface area contributed by atoms with E-state index in [9.17, 15) is 4.79 Å². The van der Waals surface area contributed by atoms with Crippen molar-refractivity contribution in [3.63, 3.8) is 0 Å². The highest BCUT2D eigenvalue weighted by atomic mass is 16.3. The summed E-state index contributed by atoms with van der Waals surface area (Å²) < 4.78 is 0. The zero-order valence-electron chi connectivity index (χ0n) is 9.42. The predicted octanol–water partition coefficient (Wildman–Crippen LogP) is 2.52. The van der Waals surface area contributed by atoms with Gasteiger partial charge in [0.25, 0.3) is 5.91 Å². The van der Waals surface area contributed by atoms with Gasteiger partial charge in [-0.15, -0.1) is 0 Å². The average molecular weight is 238 g/mol. The van der Waals surface area contributed by atoms with E-state index in [-0.39, 0.29) is 11.7 Å². The van der Waals surface area contributed by atoms with E-state index >= 15 is 0 Å². The van der Waals surface area contributed by atoms with Gasteiger partial charge in [0.05, 0.1) is 11.6 Å². The highest BCUT2D eigenvalue weighted by Crippen LogP contribution is 2.13. The topological polar surface area (TPSA) is 73.1 Å². The molecule has 0 aromatic heterocycles. The average Bonchev–Trinajstić information content (AvgIpc) is 2.40. The molecule has 18 heavy (non-hydrogen) atoms. The summed E-state index contributed by atoms with van der Waals surface area (Å²) in [5.74, 6) is -0.148. The van der Waals surface area contributed by atoms with E-state index in [4.69, 9.17) is 10.4 Å². The zero-order valence-corrected chi connectivity index (χ0v) is 9.42. The van der Waals surface area contributed by atoms with Crippen molar-refractivity contribution in [1.82, 2.24) is 0 Å². The smallest absolute Gasteiger partial charge is 0.255 e. The van der Waals surface area contributed by atoms with Crippen molar-refractivity contribution in [1.29, 1.82) is 5.26 Å². The molecule has 4 heteroatoms. The second kappa shape index (κ2) is 5.02. The Balaban J connectivity index is 2.11. The Morgan fingerprint density at radius 3 is 2.22 bits per heavy atom. The number of hydrogen-bond donors (Lipinski definition) is 2. The molecule has 2 rings (SSSR count). The number of benzene rings is 2. The van der Waals surface area contributed by atoms with Crippen LogP contribution in [0, 0.1) is 11.3 Å². The Morgan fingerprint density at radius 1 is 1.06 bits per heavy atom. The molecule has 0 spiro atoms. The highest BCUT2D eigenvalue weighted by molar-refractivity contribution is 6.04. The van der Waals surface area contributed by atoms with Crippen LogP contribution in [0.2, 0.25) is 0 Å². The van der Waals surface area contributed by atoms with Crippen LogP contribution in [-0.4, -0.2) is 11.0 Å². The number of hydrogen-bond acceptors (Lipinski definition) is 3. The Morgan fingerprint density at radius 2 is 1.67 bits per heavy atom. The summed E-state index contributed by atoms with van der Waals surface area (Å²) in [5, 5.41) is 20.5. The van der Waals surface area contributed by atoms with E-state index in [0.717, 1.165) is 0 Å². The number of nitriles is 1. The van der Waals surface area contributed by atoms with E-state index in [0.29, 0.717) is 16.8 Å². The van der Waals surface area contributed by atoms with Gasteiger partial charge in [0.1, 0.15) is 5.75 Å². The number of phenols is 1. The quantitative estimate of drug-likeness (QED) is 0.844. The van der Waals surface area contributed by atoms with Crippen LogP contribution in [0.4, 0.5) is 5.69 Å². The second-order valence-corrected chi connectivity index (χ2v) is 3.69. The minimum Gasteiger partial charge on any atom is -0.508 e. The molecule has 0 aliphatic rings. The molecular formula is C14H10N2O2. The standard InChI is InChI=1S/C14H10N2O2/c15-9-10-1-5-12(6-2-10)16-14(18)11-3-7-13(17)8-4-11/h1-8,17H,(H,16,18). The van der Waals surface area contributed by atoms with Gasteiger partial charge in [-0.05, 0) is 48.5 Å². The number of amides is 1. The summed E-state index contributed by atoms with van der Waals surface area (Å²) in [7, 11) is 0. The van der Waals surface area contributed by atoms with Crippen LogP contribution < -0.4 is 5.32 Å². The lowest BCUT2D eigenvalue weighted by molar-refractivity contribution is 0.102. The summed E-state index contributed by atoms with van der Waals surface area (Å²) in [6.07, 6.45) is 0. The fourth-order valence-corrected chi connectivity index (χ4v) is 1.44. The van der Waals surface area contributed by atoms with Crippen LogP contribution in [0.15, 0.2) is 48.5 Å². The number of phenolic OH excluding ortho intramolecular Hbond substituents is 1. The molecule has 88 valence electrons. The number of nitrogens with one attached hydrogen (secondary N) is 1. The third-order valence-corrected chi connectivity index (χ3v) is 2.40. The summed E-state index contributed by atoms with van der Waals surface area (Å²) in [6, 6.07) is 14.6. The largest absolute Gasteiger partial charge is 0.508 e. The molecule has 0 saturated heterocycles. The summed E-state index contributed by atoms with van der Waals surface area (Å²) in [6.45, 7) is 0.